The summed E-state index contributed by atoms with van der Waals surface area (Å²) in [5, 5.41) is 0. The number of carbonyl (C=O) groups is 2. The van der Waals surface area contributed by atoms with Crippen molar-refractivity contribution < 1.29 is 42.3 Å². The maximum atomic E-state index is 10.9. The topological polar surface area (TPSA) is 37.4 Å². The monoisotopic (exact) mass is 229 g/mol. The van der Waals surface area contributed by atoms with E-state index < -0.39 is 0 Å². The van der Waals surface area contributed by atoms with Gasteiger partial charge in [0.25, 0.3) is 0 Å². The Hall–Kier alpha value is 0.114. The molecule has 1 rings (SSSR count). The average molecular weight is 229 g/mol. The Morgan fingerprint density at radius 2 is 2.00 bits per heavy atom. The molecule has 4 heteroatoms. The summed E-state index contributed by atoms with van der Waals surface area (Å²) in [4.78, 5) is 23.1. The Morgan fingerprint density at radius 1 is 1.45 bits per heavy atom. The number of carbonyl (C=O) groups excluding carboxylic acids is 2. The van der Waals surface area contributed by atoms with Crippen molar-refractivity contribution >= 4 is 11.8 Å². The summed E-state index contributed by atoms with van der Waals surface area (Å²) in [6, 6.07) is -0.00116. The Balaban J connectivity index is 0.000001000. The molecule has 0 N–H and O–H groups in total. The van der Waals surface area contributed by atoms with Crippen molar-refractivity contribution in [3.05, 3.63) is 6.42 Å². The zero-order valence-corrected chi connectivity index (χ0v) is 9.54. The van der Waals surface area contributed by atoms with Crippen molar-refractivity contribution in [2.75, 3.05) is 0 Å². The fraction of sp³-hybridized carbons (Fsp3) is 0.571. The van der Waals surface area contributed by atoms with E-state index in [1.807, 2.05) is 13.8 Å². The number of hydrogen-bond acceptors (Lipinski definition) is 2. The number of hydrogen-bond donors (Lipinski definition) is 0. The van der Waals surface area contributed by atoms with Gasteiger partial charge < -0.3 is 9.69 Å². The van der Waals surface area contributed by atoms with Crippen LogP contribution in [-0.2, 0) is 42.3 Å². The van der Waals surface area contributed by atoms with Crippen LogP contribution in [0.4, 0.5) is 0 Å². The molecule has 1 aliphatic heterocycles. The molecule has 0 aromatic carbocycles. The molecule has 0 atom stereocenters. The largest absolute Gasteiger partial charge is 0.311 e. The minimum absolute atomic E-state index is 0. The first-order valence-electron chi connectivity index (χ1n) is 3.32. The van der Waals surface area contributed by atoms with Gasteiger partial charge >= 0.3 is 0 Å². The molecule has 1 heterocycles. The molecule has 1 aliphatic rings. The Morgan fingerprint density at radius 3 is 2.18 bits per heavy atom. The molecule has 1 radical (unpaired) electrons. The first kappa shape index (κ1) is 11.1. The first-order valence-corrected chi connectivity index (χ1v) is 3.32. The SMILES string of the molecule is CC(C)N1C(=O)[CH-]CC1=O.[Y]. The molecule has 0 aliphatic carbocycles. The normalized spacial score (nSPS) is 16.8. The number of nitrogens with zero attached hydrogens (tertiary/aromatic N) is 1. The summed E-state index contributed by atoms with van der Waals surface area (Å²) in [5.74, 6) is -0.236. The fourth-order valence-electron chi connectivity index (χ4n) is 1.04. The molecule has 0 aromatic rings. The molecular weight excluding hydrogens is 219 g/mol. The van der Waals surface area contributed by atoms with Crippen LogP contribution in [0.2, 0.25) is 0 Å². The summed E-state index contributed by atoms with van der Waals surface area (Å²) in [6.07, 6.45) is 1.69. The summed E-state index contributed by atoms with van der Waals surface area (Å²) in [6.45, 7) is 3.66. The number of likely N-dealkylation sites (tertiary alicyclic amines) is 1. The molecule has 3 nitrogen and oxygen atoms in total. The Labute approximate surface area is 91.4 Å². The minimum Gasteiger partial charge on any atom is -0.311 e. The third kappa shape index (κ3) is 2.27. The van der Waals surface area contributed by atoms with Crippen LogP contribution in [0.5, 0.6) is 0 Å². The predicted octanol–water partition coefficient (Wildman–Crippen LogP) is 0.355. The van der Waals surface area contributed by atoms with Crippen molar-refractivity contribution in [2.24, 2.45) is 0 Å². The van der Waals surface area contributed by atoms with E-state index in [4.69, 9.17) is 0 Å². The third-order valence-corrected chi connectivity index (χ3v) is 1.47. The molecular formula is C7H10NO2Y-. The number of imide groups is 1. The quantitative estimate of drug-likeness (QED) is 0.480. The maximum absolute atomic E-state index is 10.9. The van der Waals surface area contributed by atoms with Crippen molar-refractivity contribution in [2.45, 2.75) is 26.3 Å². The number of amides is 2. The minimum atomic E-state index is -0.153. The molecule has 0 unspecified atom stereocenters. The first-order chi connectivity index (χ1) is 4.63. The van der Waals surface area contributed by atoms with Crippen molar-refractivity contribution in [3.8, 4) is 0 Å². The average Bonchev–Trinajstić information content (AvgIpc) is 2.11. The smallest absolute Gasteiger partial charge is 0.200 e. The summed E-state index contributed by atoms with van der Waals surface area (Å²) in [7, 11) is 0. The van der Waals surface area contributed by atoms with E-state index in [2.05, 4.69) is 0 Å². The van der Waals surface area contributed by atoms with Gasteiger partial charge in [0, 0.05) is 38.8 Å². The van der Waals surface area contributed by atoms with Crippen LogP contribution in [0.25, 0.3) is 0 Å². The second-order valence-electron chi connectivity index (χ2n) is 2.60. The van der Waals surface area contributed by atoms with E-state index >= 15 is 0 Å². The number of rotatable bonds is 1. The van der Waals surface area contributed by atoms with Gasteiger partial charge in [0.2, 0.25) is 0 Å². The standard InChI is InChI=1S/C7H10NO2.Y/c1-5(2)8-6(9)3-4-7(8)10;/h3,5H,4H2,1-2H3;/q-1;. The zero-order chi connectivity index (χ0) is 7.72. The van der Waals surface area contributed by atoms with E-state index in [0.717, 1.165) is 0 Å². The van der Waals surface area contributed by atoms with Crippen LogP contribution in [0, 0.1) is 6.42 Å². The predicted molar refractivity (Wildman–Crippen MR) is 35.9 cm³/mol. The van der Waals surface area contributed by atoms with Crippen LogP contribution >= 0.6 is 0 Å². The van der Waals surface area contributed by atoms with Crippen LogP contribution in [0.15, 0.2) is 0 Å². The van der Waals surface area contributed by atoms with Gasteiger partial charge in [0.1, 0.15) is 0 Å². The van der Waals surface area contributed by atoms with Gasteiger partial charge in [-0.3, -0.25) is 11.2 Å². The van der Waals surface area contributed by atoms with Gasteiger partial charge in [-0.15, -0.1) is 0 Å². The van der Waals surface area contributed by atoms with E-state index in [1.54, 1.807) is 0 Å². The molecule has 0 spiro atoms. The molecule has 0 saturated carbocycles. The second kappa shape index (κ2) is 4.22. The van der Waals surface area contributed by atoms with E-state index in [0.29, 0.717) is 0 Å². The summed E-state index contributed by atoms with van der Waals surface area (Å²) in [5.41, 5.74) is 0. The molecule has 1 saturated heterocycles. The molecule has 59 valence electrons. The summed E-state index contributed by atoms with van der Waals surface area (Å²) < 4.78 is 0. The van der Waals surface area contributed by atoms with Gasteiger partial charge in [0.15, 0.2) is 5.91 Å². The van der Waals surface area contributed by atoms with Gasteiger partial charge in [-0.2, -0.15) is 0 Å². The second-order valence-corrected chi connectivity index (χ2v) is 2.60. The van der Waals surface area contributed by atoms with Crippen molar-refractivity contribution in [3.63, 3.8) is 0 Å². The van der Waals surface area contributed by atoms with Gasteiger partial charge in [0.05, 0.1) is 5.91 Å². The van der Waals surface area contributed by atoms with E-state index in [9.17, 15) is 9.59 Å². The zero-order valence-electron chi connectivity index (χ0n) is 6.70. The third-order valence-electron chi connectivity index (χ3n) is 1.47. The van der Waals surface area contributed by atoms with Crippen LogP contribution in [-0.4, -0.2) is 22.8 Å². The van der Waals surface area contributed by atoms with Gasteiger partial charge in [-0.05, 0) is 13.8 Å². The van der Waals surface area contributed by atoms with Crippen LogP contribution < -0.4 is 0 Å². The van der Waals surface area contributed by atoms with Gasteiger partial charge in [-0.1, -0.05) is 6.42 Å². The van der Waals surface area contributed by atoms with Crippen molar-refractivity contribution in [1.29, 1.82) is 0 Å². The Bertz CT molecular complexity index is 163. The molecule has 1 fully saturated rings. The molecule has 0 bridgehead atoms. The van der Waals surface area contributed by atoms with Gasteiger partial charge in [-0.25, -0.2) is 0 Å². The fourth-order valence-corrected chi connectivity index (χ4v) is 1.04. The van der Waals surface area contributed by atoms with Crippen LogP contribution in [0.3, 0.4) is 0 Å². The van der Waals surface area contributed by atoms with Crippen molar-refractivity contribution in [1.82, 2.24) is 4.90 Å². The molecule has 2 amide bonds. The van der Waals surface area contributed by atoms with E-state index in [1.165, 1.54) is 11.3 Å². The maximum Gasteiger partial charge on any atom is 0.200 e. The van der Waals surface area contributed by atoms with E-state index in [-0.39, 0.29) is 57.0 Å². The summed E-state index contributed by atoms with van der Waals surface area (Å²) >= 11 is 0. The van der Waals surface area contributed by atoms with Crippen LogP contribution in [0.1, 0.15) is 20.3 Å². The Kier molecular flexibility index (Phi) is 4.26. The molecule has 0 aromatic heterocycles. The molecule has 11 heavy (non-hydrogen) atoms.